The van der Waals surface area contributed by atoms with E-state index in [1.807, 2.05) is 27.7 Å². The summed E-state index contributed by atoms with van der Waals surface area (Å²) >= 11 is 0. The van der Waals surface area contributed by atoms with Crippen molar-refractivity contribution >= 4 is 22.3 Å². The number of nitrogens with one attached hydrogen (secondary N) is 1. The fourth-order valence-electron chi connectivity index (χ4n) is 1.93. The molecule has 122 valence electrons. The number of halogens is 3. The van der Waals surface area contributed by atoms with Crippen molar-refractivity contribution in [3.63, 3.8) is 0 Å². The third-order valence-corrected chi connectivity index (χ3v) is 5.65. The molecule has 0 radical (unpaired) electrons. The second-order valence-electron chi connectivity index (χ2n) is 6.16. The maximum atomic E-state index is 12.6. The molecule has 1 atom stereocenters. The predicted molar refractivity (Wildman–Crippen MR) is 77.3 cm³/mol. The molecule has 0 saturated carbocycles. The summed E-state index contributed by atoms with van der Waals surface area (Å²) in [5.74, 6) is 0. The van der Waals surface area contributed by atoms with Crippen molar-refractivity contribution in [2.75, 3.05) is 0 Å². The van der Waals surface area contributed by atoms with Gasteiger partial charge in [0.1, 0.15) is 0 Å². The first-order valence-electron chi connectivity index (χ1n) is 6.59. The molecule has 1 aliphatic heterocycles. The van der Waals surface area contributed by atoms with Gasteiger partial charge >= 0.3 is 12.6 Å². The van der Waals surface area contributed by atoms with Gasteiger partial charge in [0.05, 0.1) is 16.1 Å². The summed E-state index contributed by atoms with van der Waals surface area (Å²) in [6.07, 6.45) is 0. The second kappa shape index (κ2) is 4.97. The van der Waals surface area contributed by atoms with E-state index < -0.39 is 38.5 Å². The molecule has 22 heavy (non-hydrogen) atoms. The van der Waals surface area contributed by atoms with Crippen molar-refractivity contribution < 1.29 is 26.7 Å². The summed E-state index contributed by atoms with van der Waals surface area (Å²) in [7, 11) is -5.56. The van der Waals surface area contributed by atoms with Crippen molar-refractivity contribution in [3.8, 4) is 0 Å². The minimum absolute atomic E-state index is 0.514. The van der Waals surface area contributed by atoms with Crippen LogP contribution < -0.4 is 5.46 Å². The first-order chi connectivity index (χ1) is 9.78. The van der Waals surface area contributed by atoms with Crippen molar-refractivity contribution in [1.82, 2.24) is 0 Å². The van der Waals surface area contributed by atoms with Crippen molar-refractivity contribution in [1.29, 1.82) is 4.78 Å². The van der Waals surface area contributed by atoms with E-state index in [9.17, 15) is 17.4 Å². The Hall–Kier alpha value is -1.06. The summed E-state index contributed by atoms with van der Waals surface area (Å²) in [6, 6.07) is 4.75. The van der Waals surface area contributed by atoms with E-state index in [1.54, 1.807) is 0 Å². The van der Waals surface area contributed by atoms with E-state index in [0.717, 1.165) is 12.1 Å². The van der Waals surface area contributed by atoms with Crippen molar-refractivity contribution in [3.05, 3.63) is 24.3 Å². The van der Waals surface area contributed by atoms with Gasteiger partial charge < -0.3 is 9.31 Å². The van der Waals surface area contributed by atoms with Gasteiger partial charge in [-0.15, -0.1) is 0 Å². The minimum atomic E-state index is -5.10. The van der Waals surface area contributed by atoms with E-state index in [1.165, 1.54) is 12.1 Å². The number of hydrogen-bond acceptors (Lipinski definition) is 4. The topological polar surface area (TPSA) is 59.4 Å². The summed E-state index contributed by atoms with van der Waals surface area (Å²) in [4.78, 5) is -0.583. The molecule has 0 bridgehead atoms. The highest BCUT2D eigenvalue weighted by molar-refractivity contribution is 7.93. The zero-order valence-electron chi connectivity index (χ0n) is 12.7. The lowest BCUT2D eigenvalue weighted by molar-refractivity contribution is -0.0406. The molecule has 0 aliphatic carbocycles. The van der Waals surface area contributed by atoms with Crippen LogP contribution in [0, 0.1) is 4.78 Å². The van der Waals surface area contributed by atoms with Gasteiger partial charge in [-0.05, 0) is 45.3 Å². The van der Waals surface area contributed by atoms with Gasteiger partial charge in [-0.1, -0.05) is 12.1 Å². The van der Waals surface area contributed by atoms with Crippen LogP contribution in [0.5, 0.6) is 0 Å². The van der Waals surface area contributed by atoms with Crippen LogP contribution in [-0.4, -0.2) is 28.0 Å². The molecule has 1 fully saturated rings. The second-order valence-corrected chi connectivity index (χ2v) is 8.21. The minimum Gasteiger partial charge on any atom is -0.399 e. The number of hydrogen-bond donors (Lipinski definition) is 1. The van der Waals surface area contributed by atoms with E-state index in [0.29, 0.717) is 5.46 Å². The van der Waals surface area contributed by atoms with Gasteiger partial charge in [0.2, 0.25) is 0 Å². The highest BCUT2D eigenvalue weighted by Gasteiger charge is 2.51. The molecule has 1 unspecified atom stereocenters. The van der Waals surface area contributed by atoms with Crippen LogP contribution in [-0.2, 0) is 19.0 Å². The molecule has 1 N–H and O–H groups in total. The first-order valence-corrected chi connectivity index (χ1v) is 8.14. The Labute approximate surface area is 128 Å². The molecule has 1 aliphatic rings. The molecule has 0 amide bonds. The van der Waals surface area contributed by atoms with Gasteiger partial charge in [-0.25, -0.2) is 8.99 Å². The third kappa shape index (κ3) is 2.77. The third-order valence-electron chi connectivity index (χ3n) is 4.06. The van der Waals surface area contributed by atoms with Gasteiger partial charge in [0.15, 0.2) is 9.73 Å². The lowest BCUT2D eigenvalue weighted by Gasteiger charge is -2.32. The molecular formula is C13H17BF3NO3S. The standard InChI is InChI=1S/C13H17BF3NO3S/c1-11(2)12(3,4)21-14(20-11)9-5-7-10(8-6-9)22(18,19)13(15,16)17/h5-8,18H,1-4H3. The molecule has 1 aromatic rings. The fourth-order valence-corrected chi connectivity index (χ4v) is 2.72. The first kappa shape index (κ1) is 17.3. The molecule has 4 nitrogen and oxygen atoms in total. The van der Waals surface area contributed by atoms with Crippen LogP contribution in [0.1, 0.15) is 27.7 Å². The van der Waals surface area contributed by atoms with Crippen LogP contribution in [0.15, 0.2) is 29.2 Å². The van der Waals surface area contributed by atoms with E-state index in [4.69, 9.17) is 14.1 Å². The van der Waals surface area contributed by atoms with Crippen LogP contribution in [0.2, 0.25) is 0 Å². The normalized spacial score (nSPS) is 23.3. The summed E-state index contributed by atoms with van der Waals surface area (Å²) in [5.41, 5.74) is -5.71. The lowest BCUT2D eigenvalue weighted by Crippen LogP contribution is -2.41. The Bertz CT molecular complexity index is 653. The summed E-state index contributed by atoms with van der Waals surface area (Å²) < 4.78 is 68.0. The molecule has 9 heteroatoms. The quantitative estimate of drug-likeness (QED) is 0.846. The highest BCUT2D eigenvalue weighted by atomic mass is 32.2. The van der Waals surface area contributed by atoms with E-state index >= 15 is 0 Å². The molecule has 2 rings (SSSR count). The van der Waals surface area contributed by atoms with Crippen LogP contribution in [0.25, 0.3) is 0 Å². The summed E-state index contributed by atoms with van der Waals surface area (Å²) in [5, 5.41) is 0. The number of alkyl halides is 3. The van der Waals surface area contributed by atoms with Crippen molar-refractivity contribution in [2.24, 2.45) is 0 Å². The van der Waals surface area contributed by atoms with Gasteiger partial charge in [-0.2, -0.15) is 13.2 Å². The molecule has 1 aromatic carbocycles. The highest BCUT2D eigenvalue weighted by Crippen LogP contribution is 2.36. The Balaban J connectivity index is 2.29. The maximum absolute atomic E-state index is 12.6. The Morgan fingerprint density at radius 3 is 1.82 bits per heavy atom. The maximum Gasteiger partial charge on any atom is 0.494 e. The Kier molecular flexibility index (Phi) is 3.91. The van der Waals surface area contributed by atoms with Crippen LogP contribution in [0.4, 0.5) is 13.2 Å². The van der Waals surface area contributed by atoms with Gasteiger partial charge in [0, 0.05) is 0 Å². The Morgan fingerprint density at radius 2 is 1.45 bits per heavy atom. The van der Waals surface area contributed by atoms with E-state index in [2.05, 4.69) is 0 Å². The zero-order chi connectivity index (χ0) is 17.0. The monoisotopic (exact) mass is 335 g/mol. The number of rotatable bonds is 2. The number of benzene rings is 1. The molecular weight excluding hydrogens is 318 g/mol. The van der Waals surface area contributed by atoms with Crippen LogP contribution in [0.3, 0.4) is 0 Å². The van der Waals surface area contributed by atoms with Crippen molar-refractivity contribution in [2.45, 2.75) is 49.3 Å². The Morgan fingerprint density at radius 1 is 1.05 bits per heavy atom. The average molecular weight is 335 g/mol. The van der Waals surface area contributed by atoms with Gasteiger partial charge in [-0.3, -0.25) is 0 Å². The zero-order valence-corrected chi connectivity index (χ0v) is 13.5. The summed E-state index contributed by atoms with van der Waals surface area (Å²) in [6.45, 7) is 7.45. The smallest absolute Gasteiger partial charge is 0.399 e. The predicted octanol–water partition coefficient (Wildman–Crippen LogP) is 2.91. The fraction of sp³-hybridized carbons (Fsp3) is 0.538. The molecule has 0 spiro atoms. The lowest BCUT2D eigenvalue weighted by atomic mass is 9.79. The molecule has 1 heterocycles. The largest absolute Gasteiger partial charge is 0.494 e. The molecule has 0 aromatic heterocycles. The average Bonchev–Trinajstić information content (AvgIpc) is 2.57. The SMILES string of the molecule is CC1(C)OB(c2ccc(S(=N)(=O)C(F)(F)F)cc2)OC1(C)C. The van der Waals surface area contributed by atoms with E-state index in [-0.39, 0.29) is 0 Å². The van der Waals surface area contributed by atoms with Gasteiger partial charge in [0.25, 0.3) is 0 Å². The molecule has 1 saturated heterocycles. The van der Waals surface area contributed by atoms with Crippen LogP contribution >= 0.6 is 0 Å².